The number of ether oxygens (including phenoxy) is 1. The molecule has 0 spiro atoms. The van der Waals surface area contributed by atoms with Crippen LogP contribution in [0.2, 0.25) is 0 Å². The SMILES string of the molecule is Nc1nccc2c(N3CCOCC3)ncnc12. The molecule has 0 aromatic carbocycles. The molecule has 1 fully saturated rings. The Morgan fingerprint density at radius 1 is 1.18 bits per heavy atom. The summed E-state index contributed by atoms with van der Waals surface area (Å²) in [5.74, 6) is 1.35. The largest absolute Gasteiger partial charge is 0.382 e. The fourth-order valence-corrected chi connectivity index (χ4v) is 2.02. The van der Waals surface area contributed by atoms with Crippen molar-refractivity contribution in [2.24, 2.45) is 0 Å². The van der Waals surface area contributed by atoms with Crippen LogP contribution in [0.5, 0.6) is 0 Å². The van der Waals surface area contributed by atoms with Gasteiger partial charge in [0, 0.05) is 24.7 Å². The Morgan fingerprint density at radius 2 is 2.00 bits per heavy atom. The van der Waals surface area contributed by atoms with Crippen molar-refractivity contribution in [1.29, 1.82) is 0 Å². The van der Waals surface area contributed by atoms with Gasteiger partial charge in [-0.15, -0.1) is 0 Å². The number of nitrogens with zero attached hydrogens (tertiary/aromatic N) is 4. The summed E-state index contributed by atoms with van der Waals surface area (Å²) in [6, 6.07) is 1.90. The molecule has 2 N–H and O–H groups in total. The van der Waals surface area contributed by atoms with Crippen LogP contribution in [0, 0.1) is 0 Å². The Labute approximate surface area is 98.4 Å². The second-order valence-corrected chi connectivity index (χ2v) is 3.89. The first-order valence-corrected chi connectivity index (χ1v) is 5.54. The molecule has 3 rings (SSSR count). The van der Waals surface area contributed by atoms with Crippen LogP contribution in [0.25, 0.3) is 10.9 Å². The highest BCUT2D eigenvalue weighted by Crippen LogP contribution is 2.25. The van der Waals surface area contributed by atoms with Gasteiger partial charge < -0.3 is 15.4 Å². The molecule has 88 valence electrons. The van der Waals surface area contributed by atoms with Gasteiger partial charge in [0.1, 0.15) is 23.5 Å². The van der Waals surface area contributed by atoms with Crippen LogP contribution in [0.1, 0.15) is 0 Å². The lowest BCUT2D eigenvalue weighted by molar-refractivity contribution is 0.122. The molecule has 1 aliphatic heterocycles. The third-order valence-electron chi connectivity index (χ3n) is 2.87. The van der Waals surface area contributed by atoms with Gasteiger partial charge >= 0.3 is 0 Å². The van der Waals surface area contributed by atoms with Crippen molar-refractivity contribution < 1.29 is 4.74 Å². The van der Waals surface area contributed by atoms with E-state index in [1.807, 2.05) is 6.07 Å². The van der Waals surface area contributed by atoms with Gasteiger partial charge in [-0.3, -0.25) is 0 Å². The average molecular weight is 231 g/mol. The van der Waals surface area contributed by atoms with Crippen LogP contribution in [-0.2, 0) is 4.74 Å². The van der Waals surface area contributed by atoms with Crippen molar-refractivity contribution in [3.05, 3.63) is 18.6 Å². The standard InChI is InChI=1S/C11H13N5O/c12-10-9-8(1-2-13-10)11(15-7-14-9)16-3-5-17-6-4-16/h1-2,7H,3-6H2,(H2,12,13). The molecule has 0 radical (unpaired) electrons. The maximum absolute atomic E-state index is 5.81. The third kappa shape index (κ3) is 1.76. The number of nitrogen functional groups attached to an aromatic ring is 1. The first-order chi connectivity index (χ1) is 8.36. The van der Waals surface area contributed by atoms with Crippen LogP contribution < -0.4 is 10.6 Å². The number of fused-ring (bicyclic) bond motifs is 1. The average Bonchev–Trinajstić information content (AvgIpc) is 2.40. The van der Waals surface area contributed by atoms with Gasteiger partial charge in [0.05, 0.1) is 13.2 Å². The van der Waals surface area contributed by atoms with E-state index in [0.717, 1.165) is 37.5 Å². The zero-order chi connectivity index (χ0) is 11.7. The molecule has 0 unspecified atom stereocenters. The van der Waals surface area contributed by atoms with Crippen molar-refractivity contribution in [3.8, 4) is 0 Å². The summed E-state index contributed by atoms with van der Waals surface area (Å²) in [5, 5.41) is 0.946. The minimum absolute atomic E-state index is 0.444. The van der Waals surface area contributed by atoms with E-state index in [4.69, 9.17) is 10.5 Å². The Kier molecular flexibility index (Phi) is 2.49. The number of morpholine rings is 1. The Balaban J connectivity index is 2.12. The number of anilines is 2. The van der Waals surface area contributed by atoms with Gasteiger partial charge in [0.15, 0.2) is 0 Å². The highest BCUT2D eigenvalue weighted by Gasteiger charge is 2.16. The molecule has 0 atom stereocenters. The van der Waals surface area contributed by atoms with E-state index < -0.39 is 0 Å². The van der Waals surface area contributed by atoms with E-state index in [1.165, 1.54) is 6.33 Å². The minimum Gasteiger partial charge on any atom is -0.382 e. The predicted octanol–water partition coefficient (Wildman–Crippen LogP) is 0.444. The van der Waals surface area contributed by atoms with Gasteiger partial charge in [-0.25, -0.2) is 15.0 Å². The third-order valence-corrected chi connectivity index (χ3v) is 2.87. The number of nitrogens with two attached hydrogens (primary N) is 1. The summed E-state index contributed by atoms with van der Waals surface area (Å²) >= 11 is 0. The van der Waals surface area contributed by atoms with Gasteiger partial charge in [-0.05, 0) is 6.07 Å². The fraction of sp³-hybridized carbons (Fsp3) is 0.364. The molecule has 0 aliphatic carbocycles. The highest BCUT2D eigenvalue weighted by molar-refractivity contribution is 5.94. The van der Waals surface area contributed by atoms with Crippen LogP contribution in [0.15, 0.2) is 18.6 Å². The first-order valence-electron chi connectivity index (χ1n) is 5.54. The molecule has 1 aliphatic rings. The minimum atomic E-state index is 0.444. The quantitative estimate of drug-likeness (QED) is 0.767. The van der Waals surface area contributed by atoms with E-state index in [0.29, 0.717) is 11.3 Å². The predicted molar refractivity (Wildman–Crippen MR) is 64.8 cm³/mol. The molecule has 2 aromatic heterocycles. The molecule has 1 saturated heterocycles. The summed E-state index contributed by atoms with van der Waals surface area (Å²) < 4.78 is 5.33. The summed E-state index contributed by atoms with van der Waals surface area (Å²) in [5.41, 5.74) is 6.52. The monoisotopic (exact) mass is 231 g/mol. The van der Waals surface area contributed by atoms with Crippen LogP contribution >= 0.6 is 0 Å². The van der Waals surface area contributed by atoms with E-state index in [1.54, 1.807) is 6.20 Å². The topological polar surface area (TPSA) is 77.2 Å². The van der Waals surface area contributed by atoms with Crippen molar-refractivity contribution in [2.45, 2.75) is 0 Å². The highest BCUT2D eigenvalue weighted by atomic mass is 16.5. The molecular formula is C11H13N5O. The van der Waals surface area contributed by atoms with Gasteiger partial charge in [0.25, 0.3) is 0 Å². The van der Waals surface area contributed by atoms with E-state index in [-0.39, 0.29) is 0 Å². The molecular weight excluding hydrogens is 218 g/mol. The van der Waals surface area contributed by atoms with E-state index >= 15 is 0 Å². The zero-order valence-electron chi connectivity index (χ0n) is 9.33. The molecule has 6 heteroatoms. The summed E-state index contributed by atoms with van der Waals surface area (Å²) in [6.45, 7) is 3.14. The van der Waals surface area contributed by atoms with Crippen LogP contribution in [-0.4, -0.2) is 41.3 Å². The lowest BCUT2D eigenvalue weighted by Crippen LogP contribution is -2.36. The summed E-state index contributed by atoms with van der Waals surface area (Å²) in [4.78, 5) is 14.8. The number of hydrogen-bond acceptors (Lipinski definition) is 6. The maximum atomic E-state index is 5.81. The zero-order valence-corrected chi connectivity index (χ0v) is 9.33. The lowest BCUT2D eigenvalue weighted by atomic mass is 10.2. The molecule has 0 bridgehead atoms. The second kappa shape index (κ2) is 4.14. The molecule has 0 saturated carbocycles. The number of aromatic nitrogens is 3. The van der Waals surface area contributed by atoms with E-state index in [2.05, 4.69) is 19.9 Å². The second-order valence-electron chi connectivity index (χ2n) is 3.89. The van der Waals surface area contributed by atoms with Crippen LogP contribution in [0.4, 0.5) is 11.6 Å². The lowest BCUT2D eigenvalue weighted by Gasteiger charge is -2.28. The Hall–Kier alpha value is -1.95. The summed E-state index contributed by atoms with van der Waals surface area (Å²) in [6.07, 6.45) is 3.22. The van der Waals surface area contributed by atoms with Gasteiger partial charge in [0.2, 0.25) is 0 Å². The molecule has 17 heavy (non-hydrogen) atoms. The number of hydrogen-bond donors (Lipinski definition) is 1. The van der Waals surface area contributed by atoms with Crippen molar-refractivity contribution in [3.63, 3.8) is 0 Å². The fourth-order valence-electron chi connectivity index (χ4n) is 2.02. The van der Waals surface area contributed by atoms with Crippen LogP contribution in [0.3, 0.4) is 0 Å². The maximum Gasteiger partial charge on any atom is 0.150 e. The molecule has 6 nitrogen and oxygen atoms in total. The smallest absolute Gasteiger partial charge is 0.150 e. The van der Waals surface area contributed by atoms with Gasteiger partial charge in [-0.1, -0.05) is 0 Å². The number of rotatable bonds is 1. The summed E-state index contributed by atoms with van der Waals surface area (Å²) in [7, 11) is 0. The van der Waals surface area contributed by atoms with Gasteiger partial charge in [-0.2, -0.15) is 0 Å². The number of pyridine rings is 1. The van der Waals surface area contributed by atoms with E-state index in [9.17, 15) is 0 Å². The van der Waals surface area contributed by atoms with Crippen molar-refractivity contribution >= 4 is 22.5 Å². The van der Waals surface area contributed by atoms with Crippen molar-refractivity contribution in [2.75, 3.05) is 36.9 Å². The Morgan fingerprint density at radius 3 is 2.82 bits per heavy atom. The molecule has 3 heterocycles. The normalized spacial score (nSPS) is 16.4. The molecule has 0 amide bonds. The van der Waals surface area contributed by atoms with Crippen molar-refractivity contribution in [1.82, 2.24) is 15.0 Å². The molecule has 2 aromatic rings. The first kappa shape index (κ1) is 10.2. The Bertz CT molecular complexity index is 538.